The van der Waals surface area contributed by atoms with Gasteiger partial charge in [0.15, 0.2) is 6.10 Å². The Labute approximate surface area is 486 Å². The average Bonchev–Trinajstić information content (AvgIpc) is 3.45. The molecule has 1 atom stereocenters. The van der Waals surface area contributed by atoms with Gasteiger partial charge < -0.3 is 14.2 Å². The van der Waals surface area contributed by atoms with Crippen LogP contribution >= 0.6 is 0 Å². The van der Waals surface area contributed by atoms with Gasteiger partial charge in [0.25, 0.3) is 0 Å². The lowest BCUT2D eigenvalue weighted by Crippen LogP contribution is -2.30. The second-order valence-corrected chi connectivity index (χ2v) is 20.5. The average molecular weight is 1090 g/mol. The Hall–Kier alpha value is -4.97. The first-order chi connectivity index (χ1) is 39.0. The molecule has 0 heterocycles. The summed E-state index contributed by atoms with van der Waals surface area (Å²) in [5.74, 6) is -0.973. The number of rotatable bonds is 56. The lowest BCUT2D eigenvalue weighted by Gasteiger charge is -2.18. The van der Waals surface area contributed by atoms with Gasteiger partial charge in [-0.1, -0.05) is 256 Å². The highest BCUT2D eigenvalue weighted by molar-refractivity contribution is 5.71. The van der Waals surface area contributed by atoms with E-state index in [1.807, 2.05) is 0 Å². The van der Waals surface area contributed by atoms with Crippen molar-refractivity contribution in [2.24, 2.45) is 0 Å². The fourth-order valence-corrected chi connectivity index (χ4v) is 8.27. The lowest BCUT2D eigenvalue weighted by atomic mass is 10.1. The molecule has 0 radical (unpaired) electrons. The summed E-state index contributed by atoms with van der Waals surface area (Å²) in [7, 11) is 0. The number of esters is 3. The maximum atomic E-state index is 12.9. The van der Waals surface area contributed by atoms with E-state index in [-0.39, 0.29) is 37.5 Å². The Kier molecular flexibility index (Phi) is 61.4. The van der Waals surface area contributed by atoms with Gasteiger partial charge in [0.05, 0.1) is 0 Å². The van der Waals surface area contributed by atoms with Crippen molar-refractivity contribution in [2.75, 3.05) is 13.2 Å². The zero-order chi connectivity index (χ0) is 57.1. The van der Waals surface area contributed by atoms with E-state index in [1.165, 1.54) is 70.6 Å². The van der Waals surface area contributed by atoms with Crippen LogP contribution in [0.5, 0.6) is 0 Å². The molecule has 444 valence electrons. The molecule has 0 aromatic carbocycles. The molecule has 0 aliphatic rings. The molecule has 0 aliphatic carbocycles. The van der Waals surface area contributed by atoms with Crippen molar-refractivity contribution in [2.45, 2.75) is 271 Å². The summed E-state index contributed by atoms with van der Waals surface area (Å²) in [6.07, 6.45) is 95.2. The molecule has 0 rings (SSSR count). The first-order valence-electron chi connectivity index (χ1n) is 32.0. The van der Waals surface area contributed by atoms with Gasteiger partial charge in [0.2, 0.25) is 0 Å². The van der Waals surface area contributed by atoms with Crippen LogP contribution in [0.2, 0.25) is 0 Å². The highest BCUT2D eigenvalue weighted by Crippen LogP contribution is 2.14. The van der Waals surface area contributed by atoms with Crippen LogP contribution < -0.4 is 0 Å². The van der Waals surface area contributed by atoms with Gasteiger partial charge in [-0.15, -0.1) is 0 Å². The summed E-state index contributed by atoms with van der Waals surface area (Å²) in [6.45, 7) is 6.34. The molecule has 1 unspecified atom stereocenters. The predicted octanol–water partition coefficient (Wildman–Crippen LogP) is 22.1. The molecule has 0 bridgehead atoms. The maximum Gasteiger partial charge on any atom is 0.306 e. The molecule has 0 fully saturated rings. The Bertz CT molecular complexity index is 1780. The molecule has 0 aromatic heterocycles. The van der Waals surface area contributed by atoms with Gasteiger partial charge in [-0.3, -0.25) is 14.4 Å². The summed E-state index contributed by atoms with van der Waals surface area (Å²) >= 11 is 0. The largest absolute Gasteiger partial charge is 0.462 e. The van der Waals surface area contributed by atoms with Gasteiger partial charge >= 0.3 is 17.9 Å². The van der Waals surface area contributed by atoms with Crippen molar-refractivity contribution in [3.63, 3.8) is 0 Å². The first-order valence-corrected chi connectivity index (χ1v) is 32.0. The van der Waals surface area contributed by atoms with E-state index < -0.39 is 6.10 Å². The molecular weight excluding hydrogens is 973 g/mol. The quantitative estimate of drug-likeness (QED) is 0.0261. The van der Waals surface area contributed by atoms with E-state index in [0.29, 0.717) is 19.3 Å². The fraction of sp³-hybridized carbons (Fsp3) is 0.603. The second-order valence-electron chi connectivity index (χ2n) is 20.5. The summed E-state index contributed by atoms with van der Waals surface area (Å²) in [5.41, 5.74) is 0. The standard InChI is InChI=1S/C73H116O6/c1-4-7-10-13-16-19-22-25-28-31-34-35-36-37-40-42-45-48-51-54-57-60-63-66-72(75)78-69-70(79-73(76)67-64-61-58-55-52-49-46-43-39-33-30-27-24-21-18-15-12-9-6-3)68-77-71(74)65-62-59-56-53-50-47-44-41-38-32-29-26-23-20-17-14-11-8-5-2/h7,9-10,12,16-21,25-30,34-35,37,39-40,43,45,48-49,52,70H,4-6,8,11,13-15,22-24,31-33,36,38,41-42,44,46-47,50-51,53-69H2,1-3H3/b10-7-,12-9-,19-16-,20-17-,21-18-,28-25-,29-26-,30-27-,35-34-,40-37-,43-39-,48-45-,52-49-. The van der Waals surface area contributed by atoms with Crippen LogP contribution in [0.3, 0.4) is 0 Å². The van der Waals surface area contributed by atoms with Crippen molar-refractivity contribution in [1.29, 1.82) is 0 Å². The van der Waals surface area contributed by atoms with E-state index in [4.69, 9.17) is 14.2 Å². The summed E-state index contributed by atoms with van der Waals surface area (Å²) < 4.78 is 16.9. The molecule has 0 N–H and O–H groups in total. The third kappa shape index (κ3) is 63.7. The number of carbonyl (C=O) groups excluding carboxylic acids is 3. The van der Waals surface area contributed by atoms with E-state index in [2.05, 4.69) is 179 Å². The van der Waals surface area contributed by atoms with Gasteiger partial charge in [-0.25, -0.2) is 0 Å². The minimum Gasteiger partial charge on any atom is -0.462 e. The van der Waals surface area contributed by atoms with Crippen LogP contribution in [0.15, 0.2) is 158 Å². The first kappa shape index (κ1) is 74.0. The van der Waals surface area contributed by atoms with Crippen molar-refractivity contribution in [1.82, 2.24) is 0 Å². The van der Waals surface area contributed by atoms with Crippen molar-refractivity contribution >= 4 is 17.9 Å². The smallest absolute Gasteiger partial charge is 0.306 e. The molecule has 6 nitrogen and oxygen atoms in total. The van der Waals surface area contributed by atoms with Crippen molar-refractivity contribution in [3.8, 4) is 0 Å². The molecule has 79 heavy (non-hydrogen) atoms. The van der Waals surface area contributed by atoms with Gasteiger partial charge in [-0.2, -0.15) is 0 Å². The topological polar surface area (TPSA) is 78.9 Å². The highest BCUT2D eigenvalue weighted by atomic mass is 16.6. The van der Waals surface area contributed by atoms with Crippen molar-refractivity contribution < 1.29 is 28.6 Å². The molecule has 0 aromatic rings. The number of unbranched alkanes of at least 4 members (excludes halogenated alkanes) is 19. The number of carbonyl (C=O) groups is 3. The monoisotopic (exact) mass is 1090 g/mol. The van der Waals surface area contributed by atoms with Crippen molar-refractivity contribution in [3.05, 3.63) is 158 Å². The van der Waals surface area contributed by atoms with E-state index in [0.717, 1.165) is 148 Å². The number of ether oxygens (including phenoxy) is 3. The molecular formula is C73H116O6. The van der Waals surface area contributed by atoms with E-state index in [9.17, 15) is 14.4 Å². The number of allylic oxidation sites excluding steroid dienone is 26. The van der Waals surface area contributed by atoms with E-state index >= 15 is 0 Å². The predicted molar refractivity (Wildman–Crippen MR) is 343 cm³/mol. The molecule has 0 saturated heterocycles. The lowest BCUT2D eigenvalue weighted by molar-refractivity contribution is -0.167. The van der Waals surface area contributed by atoms with Gasteiger partial charge in [-0.05, 0) is 148 Å². The molecule has 6 heteroatoms. The van der Waals surface area contributed by atoms with Crippen LogP contribution in [-0.2, 0) is 28.6 Å². The molecule has 0 amide bonds. The molecule has 0 aliphatic heterocycles. The van der Waals surface area contributed by atoms with E-state index in [1.54, 1.807) is 0 Å². The van der Waals surface area contributed by atoms with Crippen LogP contribution in [0.4, 0.5) is 0 Å². The Morgan fingerprint density at radius 3 is 0.785 bits per heavy atom. The minimum absolute atomic E-state index is 0.109. The normalized spacial score (nSPS) is 13.2. The Morgan fingerprint density at radius 2 is 0.494 bits per heavy atom. The maximum absolute atomic E-state index is 12.9. The number of hydrogen-bond donors (Lipinski definition) is 0. The SMILES string of the molecule is CC/C=C\C/C=C\C/C=C\C/C=C\C/C=C\C/C=C\CCCCCCC(=O)OCC(COC(=O)CCCCCCCCCCC/C=C\C/C=C\CCCCC)OC(=O)CCCCC/C=C\C/C=C\C/C=C\C/C=C\C/C=C\CC. The van der Waals surface area contributed by atoms with Gasteiger partial charge in [0, 0.05) is 19.3 Å². The summed E-state index contributed by atoms with van der Waals surface area (Å²) in [5, 5.41) is 0. The fourth-order valence-electron chi connectivity index (χ4n) is 8.27. The summed E-state index contributed by atoms with van der Waals surface area (Å²) in [4.78, 5) is 38.4. The summed E-state index contributed by atoms with van der Waals surface area (Å²) in [6, 6.07) is 0. The third-order valence-electron chi connectivity index (χ3n) is 13.0. The molecule has 0 spiro atoms. The zero-order valence-electron chi connectivity index (χ0n) is 50.8. The van der Waals surface area contributed by atoms with Crippen LogP contribution in [0.1, 0.15) is 265 Å². The Balaban J connectivity index is 4.53. The highest BCUT2D eigenvalue weighted by Gasteiger charge is 2.19. The number of hydrogen-bond acceptors (Lipinski definition) is 6. The second kappa shape index (κ2) is 65.5. The van der Waals surface area contributed by atoms with Crippen LogP contribution in [0, 0.1) is 0 Å². The van der Waals surface area contributed by atoms with Crippen LogP contribution in [-0.4, -0.2) is 37.2 Å². The third-order valence-corrected chi connectivity index (χ3v) is 13.0. The minimum atomic E-state index is -0.818. The molecule has 0 saturated carbocycles. The van der Waals surface area contributed by atoms with Gasteiger partial charge in [0.1, 0.15) is 13.2 Å². The van der Waals surface area contributed by atoms with Crippen LogP contribution in [0.25, 0.3) is 0 Å². The zero-order valence-corrected chi connectivity index (χ0v) is 50.8. The Morgan fingerprint density at radius 1 is 0.266 bits per heavy atom.